The number of nitrogens with zero attached hydrogens (tertiary/aromatic N) is 1. The van der Waals surface area contributed by atoms with Crippen molar-refractivity contribution in [2.75, 3.05) is 26.2 Å². The zero-order chi connectivity index (χ0) is 17.4. The lowest BCUT2D eigenvalue weighted by molar-refractivity contribution is -0.135. The molecular weight excluding hydrogens is 341 g/mol. The average molecular weight is 360 g/mol. The highest BCUT2D eigenvalue weighted by Crippen LogP contribution is 2.20. The van der Waals surface area contributed by atoms with Gasteiger partial charge in [-0.15, -0.1) is 0 Å². The smallest absolute Gasteiger partial charge is 0.253 e. The summed E-state index contributed by atoms with van der Waals surface area (Å²) in [4.78, 5) is 37.0. The second kappa shape index (κ2) is 9.37. The molecular formula is C15H19Cl2N3O3. The number of likely N-dealkylation sites (N-methyl/N-ethyl adjacent to an activating group) is 2. The van der Waals surface area contributed by atoms with Crippen LogP contribution in [0.2, 0.25) is 10.0 Å². The van der Waals surface area contributed by atoms with E-state index in [2.05, 4.69) is 10.6 Å². The normalized spacial score (nSPS) is 10.1. The van der Waals surface area contributed by atoms with E-state index in [4.69, 9.17) is 23.2 Å². The van der Waals surface area contributed by atoms with Crippen LogP contribution in [-0.2, 0) is 9.59 Å². The molecule has 0 fully saturated rings. The maximum absolute atomic E-state index is 12.1. The highest BCUT2D eigenvalue weighted by atomic mass is 35.5. The third-order valence-electron chi connectivity index (χ3n) is 3.02. The Morgan fingerprint density at radius 2 is 1.83 bits per heavy atom. The maximum atomic E-state index is 12.1. The molecule has 0 saturated heterocycles. The molecule has 8 heteroatoms. The molecule has 0 saturated carbocycles. The summed E-state index contributed by atoms with van der Waals surface area (Å²) < 4.78 is 0. The Morgan fingerprint density at radius 3 is 2.39 bits per heavy atom. The molecule has 3 amide bonds. The first kappa shape index (κ1) is 19.3. The van der Waals surface area contributed by atoms with Crippen molar-refractivity contribution in [2.45, 2.75) is 13.8 Å². The second-order valence-electron chi connectivity index (χ2n) is 4.67. The molecule has 0 aromatic heterocycles. The van der Waals surface area contributed by atoms with Crippen molar-refractivity contribution in [3.8, 4) is 0 Å². The highest BCUT2D eigenvalue weighted by Gasteiger charge is 2.17. The minimum atomic E-state index is -0.478. The number of carbonyl (C=O) groups is 3. The Balaban J connectivity index is 2.59. The Morgan fingerprint density at radius 1 is 1.13 bits per heavy atom. The molecule has 0 unspecified atom stereocenters. The van der Waals surface area contributed by atoms with Crippen molar-refractivity contribution >= 4 is 40.9 Å². The van der Waals surface area contributed by atoms with E-state index in [0.717, 1.165) is 0 Å². The van der Waals surface area contributed by atoms with Crippen LogP contribution >= 0.6 is 23.2 Å². The SMILES string of the molecule is CCNC(=O)CN(CC)C(=O)CNC(=O)c1ccc(Cl)cc1Cl. The molecule has 0 aliphatic rings. The van der Waals surface area contributed by atoms with Gasteiger partial charge in [0.25, 0.3) is 5.91 Å². The molecule has 6 nitrogen and oxygen atoms in total. The van der Waals surface area contributed by atoms with Gasteiger partial charge in [0.1, 0.15) is 0 Å². The number of halogens is 2. The van der Waals surface area contributed by atoms with Crippen LogP contribution in [0.15, 0.2) is 18.2 Å². The number of nitrogens with one attached hydrogen (secondary N) is 2. The van der Waals surface area contributed by atoms with Gasteiger partial charge in [-0.2, -0.15) is 0 Å². The quantitative estimate of drug-likeness (QED) is 0.777. The molecule has 1 aromatic carbocycles. The van der Waals surface area contributed by atoms with Gasteiger partial charge in [-0.3, -0.25) is 14.4 Å². The minimum Gasteiger partial charge on any atom is -0.355 e. The highest BCUT2D eigenvalue weighted by molar-refractivity contribution is 6.36. The van der Waals surface area contributed by atoms with Crippen molar-refractivity contribution in [3.63, 3.8) is 0 Å². The first-order valence-corrected chi connectivity index (χ1v) is 7.92. The molecule has 0 aliphatic heterocycles. The summed E-state index contributed by atoms with van der Waals surface area (Å²) in [7, 11) is 0. The van der Waals surface area contributed by atoms with E-state index < -0.39 is 5.91 Å². The number of amides is 3. The van der Waals surface area contributed by atoms with E-state index in [9.17, 15) is 14.4 Å². The van der Waals surface area contributed by atoms with E-state index in [-0.39, 0.29) is 35.5 Å². The van der Waals surface area contributed by atoms with E-state index in [1.165, 1.54) is 23.1 Å². The fourth-order valence-corrected chi connectivity index (χ4v) is 2.33. The molecule has 0 heterocycles. The minimum absolute atomic E-state index is 0.0409. The van der Waals surface area contributed by atoms with Gasteiger partial charge in [0.15, 0.2) is 0 Å². The lowest BCUT2D eigenvalue weighted by Gasteiger charge is -2.20. The fraction of sp³-hybridized carbons (Fsp3) is 0.400. The molecule has 1 aromatic rings. The van der Waals surface area contributed by atoms with Crippen LogP contribution in [0.1, 0.15) is 24.2 Å². The van der Waals surface area contributed by atoms with Crippen LogP contribution in [0.5, 0.6) is 0 Å². The van der Waals surface area contributed by atoms with Crippen molar-refractivity contribution in [2.24, 2.45) is 0 Å². The molecule has 0 radical (unpaired) electrons. The van der Waals surface area contributed by atoms with Crippen molar-refractivity contribution < 1.29 is 14.4 Å². The van der Waals surface area contributed by atoms with E-state index in [1.807, 2.05) is 0 Å². The van der Waals surface area contributed by atoms with Gasteiger partial charge < -0.3 is 15.5 Å². The van der Waals surface area contributed by atoms with Crippen molar-refractivity contribution in [1.82, 2.24) is 15.5 Å². The van der Waals surface area contributed by atoms with Gasteiger partial charge in [-0.25, -0.2) is 0 Å². The van der Waals surface area contributed by atoms with Crippen LogP contribution in [0, 0.1) is 0 Å². The standard InChI is InChI=1S/C15H19Cl2N3O3/c1-3-18-13(21)9-20(4-2)14(22)8-19-15(23)11-6-5-10(16)7-12(11)17/h5-7H,3-4,8-9H2,1-2H3,(H,18,21)(H,19,23). The van der Waals surface area contributed by atoms with Gasteiger partial charge in [-0.1, -0.05) is 23.2 Å². The average Bonchev–Trinajstić information content (AvgIpc) is 2.50. The third-order valence-corrected chi connectivity index (χ3v) is 3.57. The van der Waals surface area contributed by atoms with Crippen LogP contribution in [0.4, 0.5) is 0 Å². The van der Waals surface area contributed by atoms with Gasteiger partial charge in [0.05, 0.1) is 23.7 Å². The molecule has 126 valence electrons. The number of benzene rings is 1. The monoisotopic (exact) mass is 359 g/mol. The lowest BCUT2D eigenvalue weighted by atomic mass is 10.2. The third kappa shape index (κ3) is 6.08. The number of carbonyl (C=O) groups excluding carboxylic acids is 3. The summed E-state index contributed by atoms with van der Waals surface area (Å²) in [5.74, 6) is -1.07. The summed E-state index contributed by atoms with van der Waals surface area (Å²) in [6.07, 6.45) is 0. The zero-order valence-electron chi connectivity index (χ0n) is 13.0. The van der Waals surface area contributed by atoms with E-state index in [0.29, 0.717) is 18.1 Å². The van der Waals surface area contributed by atoms with Crippen molar-refractivity contribution in [3.05, 3.63) is 33.8 Å². The van der Waals surface area contributed by atoms with Gasteiger partial charge >= 0.3 is 0 Å². The van der Waals surface area contributed by atoms with Gasteiger partial charge in [0.2, 0.25) is 11.8 Å². The predicted molar refractivity (Wildman–Crippen MR) is 89.7 cm³/mol. The predicted octanol–water partition coefficient (Wildman–Crippen LogP) is 1.71. The van der Waals surface area contributed by atoms with Crippen molar-refractivity contribution in [1.29, 1.82) is 0 Å². The number of hydrogen-bond donors (Lipinski definition) is 2. The Hall–Kier alpha value is -1.79. The van der Waals surface area contributed by atoms with Gasteiger partial charge in [-0.05, 0) is 32.0 Å². The molecule has 0 bridgehead atoms. The molecule has 0 atom stereocenters. The zero-order valence-corrected chi connectivity index (χ0v) is 14.5. The topological polar surface area (TPSA) is 78.5 Å². The summed E-state index contributed by atoms with van der Waals surface area (Å²) in [6, 6.07) is 4.47. The first-order valence-electron chi connectivity index (χ1n) is 7.16. The van der Waals surface area contributed by atoms with E-state index in [1.54, 1.807) is 13.8 Å². The fourth-order valence-electron chi connectivity index (χ4n) is 1.84. The molecule has 0 spiro atoms. The van der Waals surface area contributed by atoms with Crippen LogP contribution in [0.25, 0.3) is 0 Å². The summed E-state index contributed by atoms with van der Waals surface area (Å²) in [5, 5.41) is 5.73. The van der Waals surface area contributed by atoms with Crippen LogP contribution in [0.3, 0.4) is 0 Å². The largest absolute Gasteiger partial charge is 0.355 e. The van der Waals surface area contributed by atoms with Crippen LogP contribution in [-0.4, -0.2) is 48.8 Å². The Labute approximate surface area is 145 Å². The molecule has 1 rings (SSSR count). The maximum Gasteiger partial charge on any atom is 0.253 e. The van der Waals surface area contributed by atoms with Gasteiger partial charge in [0, 0.05) is 18.1 Å². The first-order chi connectivity index (χ1) is 10.9. The summed E-state index contributed by atoms with van der Waals surface area (Å²) >= 11 is 11.7. The molecule has 2 N–H and O–H groups in total. The van der Waals surface area contributed by atoms with E-state index >= 15 is 0 Å². The summed E-state index contributed by atoms with van der Waals surface area (Å²) in [6.45, 7) is 4.16. The molecule has 23 heavy (non-hydrogen) atoms. The summed E-state index contributed by atoms with van der Waals surface area (Å²) in [5.41, 5.74) is 0.232. The van der Waals surface area contributed by atoms with Crippen LogP contribution < -0.4 is 10.6 Å². The molecule has 0 aliphatic carbocycles. The Kier molecular flexibility index (Phi) is 7.85. The number of rotatable bonds is 7. The lowest BCUT2D eigenvalue weighted by Crippen LogP contribution is -2.45. The Bertz CT molecular complexity index is 593. The number of hydrogen-bond acceptors (Lipinski definition) is 3. The second-order valence-corrected chi connectivity index (χ2v) is 5.51.